The number of rotatable bonds is 3. The van der Waals surface area contributed by atoms with Crippen LogP contribution in [0.3, 0.4) is 0 Å². The summed E-state index contributed by atoms with van der Waals surface area (Å²) >= 11 is 0. The Balaban J connectivity index is 1.70. The molecular weight excluding hydrogens is 256 g/mol. The largest absolute Gasteiger partial charge is 0.323 e. The first-order valence-corrected chi connectivity index (χ1v) is 8.76. The van der Waals surface area contributed by atoms with E-state index in [4.69, 9.17) is 5.73 Å². The van der Waals surface area contributed by atoms with Crippen LogP contribution < -0.4 is 5.73 Å². The first-order valence-electron chi connectivity index (χ1n) is 8.76. The third kappa shape index (κ3) is 2.76. The van der Waals surface area contributed by atoms with E-state index in [1.54, 1.807) is 0 Å². The van der Waals surface area contributed by atoms with Crippen LogP contribution in [0.2, 0.25) is 0 Å². The van der Waals surface area contributed by atoms with E-state index in [0.29, 0.717) is 11.5 Å². The Morgan fingerprint density at radius 3 is 2.48 bits per heavy atom. The van der Waals surface area contributed by atoms with E-state index in [-0.39, 0.29) is 6.04 Å². The SMILES string of the molecule is CCC1(CC)CCN(C2CCc3ccccc3C2N)CC1. The second-order valence-electron chi connectivity index (χ2n) is 7.07. The van der Waals surface area contributed by atoms with E-state index in [0.717, 1.165) is 0 Å². The van der Waals surface area contributed by atoms with E-state index in [1.165, 1.54) is 62.7 Å². The molecule has 1 fully saturated rings. The summed E-state index contributed by atoms with van der Waals surface area (Å²) in [6.45, 7) is 7.20. The van der Waals surface area contributed by atoms with Gasteiger partial charge in [0.1, 0.15) is 0 Å². The van der Waals surface area contributed by atoms with Gasteiger partial charge in [0.15, 0.2) is 0 Å². The van der Waals surface area contributed by atoms with Gasteiger partial charge in [-0.2, -0.15) is 0 Å². The number of hydrogen-bond acceptors (Lipinski definition) is 2. The summed E-state index contributed by atoms with van der Waals surface area (Å²) < 4.78 is 0. The predicted octanol–water partition coefficient (Wildman–Crippen LogP) is 3.90. The van der Waals surface area contributed by atoms with Gasteiger partial charge in [0, 0.05) is 12.1 Å². The fourth-order valence-corrected chi connectivity index (χ4v) is 4.47. The van der Waals surface area contributed by atoms with Crippen molar-refractivity contribution >= 4 is 0 Å². The van der Waals surface area contributed by atoms with E-state index in [9.17, 15) is 0 Å². The predicted molar refractivity (Wildman–Crippen MR) is 89.3 cm³/mol. The first-order chi connectivity index (χ1) is 10.2. The minimum atomic E-state index is 0.200. The van der Waals surface area contributed by atoms with Crippen molar-refractivity contribution in [3.63, 3.8) is 0 Å². The number of fused-ring (bicyclic) bond motifs is 1. The molecule has 1 aromatic carbocycles. The molecule has 1 heterocycles. The van der Waals surface area contributed by atoms with Gasteiger partial charge in [0.05, 0.1) is 0 Å². The van der Waals surface area contributed by atoms with Gasteiger partial charge in [-0.15, -0.1) is 0 Å². The second kappa shape index (κ2) is 6.10. The van der Waals surface area contributed by atoms with Crippen molar-refractivity contribution in [3.8, 4) is 0 Å². The molecule has 1 aliphatic carbocycles. The van der Waals surface area contributed by atoms with E-state index in [1.807, 2.05) is 0 Å². The van der Waals surface area contributed by atoms with Gasteiger partial charge in [-0.1, -0.05) is 51.0 Å². The highest BCUT2D eigenvalue weighted by Gasteiger charge is 2.37. The summed E-state index contributed by atoms with van der Waals surface area (Å²) in [5, 5.41) is 0. The minimum Gasteiger partial charge on any atom is -0.323 e. The van der Waals surface area contributed by atoms with Crippen LogP contribution in [0.4, 0.5) is 0 Å². The third-order valence-electron chi connectivity index (χ3n) is 6.37. The van der Waals surface area contributed by atoms with Gasteiger partial charge in [0.25, 0.3) is 0 Å². The second-order valence-corrected chi connectivity index (χ2v) is 7.07. The van der Waals surface area contributed by atoms with E-state index >= 15 is 0 Å². The smallest absolute Gasteiger partial charge is 0.0455 e. The van der Waals surface area contributed by atoms with Crippen LogP contribution in [-0.2, 0) is 6.42 Å². The van der Waals surface area contributed by atoms with Gasteiger partial charge in [-0.25, -0.2) is 0 Å². The van der Waals surface area contributed by atoms with Crippen molar-refractivity contribution in [1.29, 1.82) is 0 Å². The van der Waals surface area contributed by atoms with Crippen molar-refractivity contribution in [1.82, 2.24) is 4.90 Å². The van der Waals surface area contributed by atoms with Crippen LogP contribution in [0.15, 0.2) is 24.3 Å². The summed E-state index contributed by atoms with van der Waals surface area (Å²) in [6.07, 6.45) is 7.78. The lowest BCUT2D eigenvalue weighted by molar-refractivity contribution is 0.0517. The Labute approximate surface area is 129 Å². The highest BCUT2D eigenvalue weighted by Crippen LogP contribution is 2.40. The van der Waals surface area contributed by atoms with Crippen molar-refractivity contribution in [2.24, 2.45) is 11.1 Å². The lowest BCUT2D eigenvalue weighted by Crippen LogP contribution is -2.50. The van der Waals surface area contributed by atoms with Crippen molar-refractivity contribution in [3.05, 3.63) is 35.4 Å². The molecule has 0 bridgehead atoms. The van der Waals surface area contributed by atoms with Crippen LogP contribution in [0.25, 0.3) is 0 Å². The average molecular weight is 286 g/mol. The highest BCUT2D eigenvalue weighted by molar-refractivity contribution is 5.33. The normalized spacial score (nSPS) is 29.1. The fourth-order valence-electron chi connectivity index (χ4n) is 4.47. The van der Waals surface area contributed by atoms with Gasteiger partial charge in [-0.05, 0) is 55.3 Å². The van der Waals surface area contributed by atoms with Crippen molar-refractivity contribution < 1.29 is 0 Å². The summed E-state index contributed by atoms with van der Waals surface area (Å²) in [6, 6.07) is 9.51. The molecule has 0 radical (unpaired) electrons. The molecule has 2 atom stereocenters. The number of likely N-dealkylation sites (tertiary alicyclic amines) is 1. The molecule has 0 spiro atoms. The number of nitrogens with zero attached hydrogens (tertiary/aromatic N) is 1. The highest BCUT2D eigenvalue weighted by atomic mass is 15.2. The number of hydrogen-bond donors (Lipinski definition) is 1. The van der Waals surface area contributed by atoms with Gasteiger partial charge >= 0.3 is 0 Å². The maximum Gasteiger partial charge on any atom is 0.0455 e. The molecule has 2 heteroatoms. The zero-order chi connectivity index (χ0) is 14.9. The molecule has 2 unspecified atom stereocenters. The summed E-state index contributed by atoms with van der Waals surface area (Å²) in [5.41, 5.74) is 10.1. The maximum atomic E-state index is 6.61. The lowest BCUT2D eigenvalue weighted by Gasteiger charge is -2.46. The molecular formula is C19H30N2. The quantitative estimate of drug-likeness (QED) is 0.913. The Hall–Kier alpha value is -0.860. The molecule has 2 nitrogen and oxygen atoms in total. The van der Waals surface area contributed by atoms with Gasteiger partial charge in [0.2, 0.25) is 0 Å². The summed E-state index contributed by atoms with van der Waals surface area (Å²) in [7, 11) is 0. The Morgan fingerprint density at radius 2 is 1.81 bits per heavy atom. The molecule has 2 N–H and O–H groups in total. The summed E-state index contributed by atoms with van der Waals surface area (Å²) in [5.74, 6) is 0. The van der Waals surface area contributed by atoms with Crippen LogP contribution in [-0.4, -0.2) is 24.0 Å². The maximum absolute atomic E-state index is 6.61. The minimum absolute atomic E-state index is 0.200. The number of piperidine rings is 1. The molecule has 1 saturated heterocycles. The number of benzene rings is 1. The van der Waals surface area contributed by atoms with E-state index in [2.05, 4.69) is 43.0 Å². The molecule has 1 aromatic rings. The third-order valence-corrected chi connectivity index (χ3v) is 6.37. The standard InChI is InChI=1S/C19H30N2/c1-3-19(4-2)11-13-21(14-12-19)17-10-9-15-7-5-6-8-16(15)18(17)20/h5-8,17-18H,3-4,9-14,20H2,1-2H3. The van der Waals surface area contributed by atoms with Crippen LogP contribution >= 0.6 is 0 Å². The molecule has 0 aromatic heterocycles. The topological polar surface area (TPSA) is 29.3 Å². The fraction of sp³-hybridized carbons (Fsp3) is 0.684. The van der Waals surface area contributed by atoms with Crippen molar-refractivity contribution in [2.75, 3.05) is 13.1 Å². The lowest BCUT2D eigenvalue weighted by atomic mass is 9.73. The zero-order valence-corrected chi connectivity index (χ0v) is 13.6. The molecule has 116 valence electrons. The van der Waals surface area contributed by atoms with Crippen molar-refractivity contribution in [2.45, 2.75) is 64.5 Å². The van der Waals surface area contributed by atoms with Gasteiger partial charge < -0.3 is 5.73 Å². The first kappa shape index (κ1) is 15.1. The Kier molecular flexibility index (Phi) is 4.37. The van der Waals surface area contributed by atoms with Gasteiger partial charge in [-0.3, -0.25) is 4.90 Å². The van der Waals surface area contributed by atoms with Crippen LogP contribution in [0.5, 0.6) is 0 Å². The Bertz CT molecular complexity index is 468. The zero-order valence-electron chi connectivity index (χ0n) is 13.6. The molecule has 3 rings (SSSR count). The van der Waals surface area contributed by atoms with Crippen LogP contribution in [0.1, 0.15) is 63.1 Å². The molecule has 0 saturated carbocycles. The molecule has 21 heavy (non-hydrogen) atoms. The number of aryl methyl sites for hydroxylation is 1. The molecule has 2 aliphatic rings. The molecule has 1 aliphatic heterocycles. The Morgan fingerprint density at radius 1 is 1.14 bits per heavy atom. The summed E-state index contributed by atoms with van der Waals surface area (Å²) in [4.78, 5) is 2.68. The number of nitrogens with two attached hydrogens (primary N) is 1. The monoisotopic (exact) mass is 286 g/mol. The molecule has 0 amide bonds. The van der Waals surface area contributed by atoms with E-state index < -0.39 is 0 Å². The average Bonchev–Trinajstić information content (AvgIpc) is 2.56. The van der Waals surface area contributed by atoms with Crippen LogP contribution in [0, 0.1) is 5.41 Å².